The molecule has 0 fully saturated rings. The van der Waals surface area contributed by atoms with E-state index in [0.717, 1.165) is 25.1 Å². The van der Waals surface area contributed by atoms with E-state index in [2.05, 4.69) is 5.10 Å². The van der Waals surface area contributed by atoms with Crippen LogP contribution in [0.2, 0.25) is 5.02 Å². The Morgan fingerprint density at radius 3 is 3.14 bits per heavy atom. The Morgan fingerprint density at radius 1 is 1.71 bits per heavy atom. The van der Waals surface area contributed by atoms with Gasteiger partial charge >= 0.3 is 5.97 Å². The maximum atomic E-state index is 11.4. The van der Waals surface area contributed by atoms with Gasteiger partial charge in [0, 0.05) is 6.54 Å². The van der Waals surface area contributed by atoms with Crippen LogP contribution in [0.5, 0.6) is 0 Å². The molecule has 5 heteroatoms. The first-order valence-electron chi connectivity index (χ1n) is 4.66. The fraction of sp³-hybridized carbons (Fsp3) is 0.556. The smallest absolute Gasteiger partial charge is 0.360 e. The summed E-state index contributed by atoms with van der Waals surface area (Å²) in [6.07, 6.45) is 1.94. The van der Waals surface area contributed by atoms with E-state index in [9.17, 15) is 4.79 Å². The van der Waals surface area contributed by atoms with Crippen molar-refractivity contribution in [2.24, 2.45) is 0 Å². The molecule has 2 heterocycles. The van der Waals surface area contributed by atoms with Crippen LogP contribution in [0.25, 0.3) is 0 Å². The molecule has 0 bridgehead atoms. The zero-order valence-corrected chi connectivity index (χ0v) is 8.67. The Morgan fingerprint density at radius 2 is 2.50 bits per heavy atom. The lowest BCUT2D eigenvalue weighted by Gasteiger charge is -1.98. The Balaban J connectivity index is 2.32. The van der Waals surface area contributed by atoms with Gasteiger partial charge in [-0.15, -0.1) is 0 Å². The second-order valence-electron chi connectivity index (χ2n) is 3.16. The van der Waals surface area contributed by atoms with Crippen molar-refractivity contribution < 1.29 is 9.53 Å². The van der Waals surface area contributed by atoms with Gasteiger partial charge in [-0.1, -0.05) is 11.6 Å². The number of carbonyl (C=O) groups excluding carboxylic acids is 1. The summed E-state index contributed by atoms with van der Waals surface area (Å²) in [5.74, 6) is -0.431. The molecule has 14 heavy (non-hydrogen) atoms. The van der Waals surface area contributed by atoms with Gasteiger partial charge < -0.3 is 4.74 Å². The van der Waals surface area contributed by atoms with Crippen molar-refractivity contribution in [1.29, 1.82) is 0 Å². The number of aryl methyl sites for hydroxylation is 1. The zero-order chi connectivity index (χ0) is 10.1. The molecule has 1 aromatic rings. The highest BCUT2D eigenvalue weighted by atomic mass is 35.5. The quantitative estimate of drug-likeness (QED) is 0.704. The Hall–Kier alpha value is -1.03. The van der Waals surface area contributed by atoms with Gasteiger partial charge in [0.05, 0.1) is 17.3 Å². The predicted molar refractivity (Wildman–Crippen MR) is 51.5 cm³/mol. The van der Waals surface area contributed by atoms with Gasteiger partial charge in [-0.25, -0.2) is 4.79 Å². The lowest BCUT2D eigenvalue weighted by Crippen LogP contribution is -2.07. The molecule has 2 rings (SSSR count). The van der Waals surface area contributed by atoms with Gasteiger partial charge in [-0.2, -0.15) is 5.10 Å². The second-order valence-corrected chi connectivity index (χ2v) is 3.53. The van der Waals surface area contributed by atoms with Crippen LogP contribution in [0.4, 0.5) is 0 Å². The highest BCUT2D eigenvalue weighted by Gasteiger charge is 2.24. The SMILES string of the molecule is CCOC(=O)c1nn2c(c1Cl)CCC2. The zero-order valence-electron chi connectivity index (χ0n) is 7.92. The molecule has 1 aliphatic rings. The third-order valence-corrected chi connectivity index (χ3v) is 2.64. The van der Waals surface area contributed by atoms with Crippen LogP contribution in [0.1, 0.15) is 29.5 Å². The maximum absolute atomic E-state index is 11.4. The summed E-state index contributed by atoms with van der Waals surface area (Å²) in [4.78, 5) is 11.4. The van der Waals surface area contributed by atoms with Gasteiger partial charge in [-0.3, -0.25) is 4.68 Å². The van der Waals surface area contributed by atoms with Crippen molar-refractivity contribution >= 4 is 17.6 Å². The molecule has 0 aliphatic carbocycles. The van der Waals surface area contributed by atoms with Gasteiger partial charge in [-0.05, 0) is 19.8 Å². The molecular formula is C9H11ClN2O2. The number of esters is 1. The van der Waals surface area contributed by atoms with Gasteiger partial charge in [0.25, 0.3) is 0 Å². The molecule has 0 N–H and O–H groups in total. The highest BCUT2D eigenvalue weighted by Crippen LogP contribution is 2.26. The van der Waals surface area contributed by atoms with Crippen molar-refractivity contribution in [1.82, 2.24) is 9.78 Å². The number of carbonyl (C=O) groups is 1. The van der Waals surface area contributed by atoms with E-state index in [-0.39, 0.29) is 5.69 Å². The summed E-state index contributed by atoms with van der Waals surface area (Å²) in [7, 11) is 0. The molecule has 1 aromatic heterocycles. The summed E-state index contributed by atoms with van der Waals surface area (Å²) >= 11 is 6.02. The van der Waals surface area contributed by atoms with Crippen LogP contribution < -0.4 is 0 Å². The van der Waals surface area contributed by atoms with E-state index >= 15 is 0 Å². The largest absolute Gasteiger partial charge is 0.461 e. The molecule has 4 nitrogen and oxygen atoms in total. The number of rotatable bonds is 2. The highest BCUT2D eigenvalue weighted by molar-refractivity contribution is 6.34. The number of fused-ring (bicyclic) bond motifs is 1. The van der Waals surface area contributed by atoms with Crippen LogP contribution in [-0.4, -0.2) is 22.4 Å². The molecule has 0 saturated carbocycles. The fourth-order valence-corrected chi connectivity index (χ4v) is 1.93. The third kappa shape index (κ3) is 1.39. The van der Waals surface area contributed by atoms with Crippen LogP contribution in [-0.2, 0) is 17.7 Å². The second kappa shape index (κ2) is 3.61. The minimum Gasteiger partial charge on any atom is -0.461 e. The number of nitrogens with zero attached hydrogens (tertiary/aromatic N) is 2. The summed E-state index contributed by atoms with van der Waals surface area (Å²) in [5, 5.41) is 4.58. The van der Waals surface area contributed by atoms with E-state index < -0.39 is 5.97 Å². The summed E-state index contributed by atoms with van der Waals surface area (Å²) in [6.45, 7) is 2.95. The first kappa shape index (κ1) is 9.52. The Labute approximate surface area is 86.8 Å². The molecule has 0 saturated heterocycles. The van der Waals surface area contributed by atoms with E-state index in [1.54, 1.807) is 11.6 Å². The van der Waals surface area contributed by atoms with Crippen LogP contribution in [0.15, 0.2) is 0 Å². The molecular weight excluding hydrogens is 204 g/mol. The van der Waals surface area contributed by atoms with E-state index in [1.165, 1.54) is 0 Å². The summed E-state index contributed by atoms with van der Waals surface area (Å²) < 4.78 is 6.63. The van der Waals surface area contributed by atoms with Crippen molar-refractivity contribution in [2.75, 3.05) is 6.61 Å². The van der Waals surface area contributed by atoms with Crippen LogP contribution in [0.3, 0.4) is 0 Å². The molecule has 0 aromatic carbocycles. The number of hydrogen-bond donors (Lipinski definition) is 0. The topological polar surface area (TPSA) is 44.1 Å². The van der Waals surface area contributed by atoms with Crippen molar-refractivity contribution in [3.8, 4) is 0 Å². The lowest BCUT2D eigenvalue weighted by molar-refractivity contribution is 0.0518. The van der Waals surface area contributed by atoms with E-state index in [1.807, 2.05) is 0 Å². The summed E-state index contributed by atoms with van der Waals surface area (Å²) in [5.41, 5.74) is 1.21. The minimum atomic E-state index is -0.431. The number of halogens is 1. The molecule has 0 radical (unpaired) electrons. The Kier molecular flexibility index (Phi) is 2.46. The molecule has 1 aliphatic heterocycles. The molecule has 0 atom stereocenters. The number of aromatic nitrogens is 2. The summed E-state index contributed by atoms with van der Waals surface area (Å²) in [6, 6.07) is 0. The normalized spacial score (nSPS) is 14.1. The average Bonchev–Trinajstić information content (AvgIpc) is 2.69. The predicted octanol–water partition coefficient (Wildman–Crippen LogP) is 1.66. The third-order valence-electron chi connectivity index (χ3n) is 2.25. The first-order valence-corrected chi connectivity index (χ1v) is 5.04. The van der Waals surface area contributed by atoms with E-state index in [4.69, 9.17) is 16.3 Å². The molecule has 0 amide bonds. The number of ether oxygens (including phenoxy) is 1. The first-order chi connectivity index (χ1) is 6.74. The average molecular weight is 215 g/mol. The number of hydrogen-bond acceptors (Lipinski definition) is 3. The van der Waals surface area contributed by atoms with Gasteiger partial charge in [0.1, 0.15) is 0 Å². The molecule has 0 unspecified atom stereocenters. The van der Waals surface area contributed by atoms with Crippen molar-refractivity contribution in [2.45, 2.75) is 26.3 Å². The molecule has 0 spiro atoms. The Bertz CT molecular complexity index is 373. The fourth-order valence-electron chi connectivity index (χ4n) is 1.62. The lowest BCUT2D eigenvalue weighted by atomic mass is 10.2. The maximum Gasteiger partial charge on any atom is 0.360 e. The van der Waals surface area contributed by atoms with E-state index in [0.29, 0.717) is 11.6 Å². The van der Waals surface area contributed by atoms with Crippen LogP contribution >= 0.6 is 11.6 Å². The minimum absolute atomic E-state index is 0.253. The van der Waals surface area contributed by atoms with Gasteiger partial charge in [0.2, 0.25) is 0 Å². The standard InChI is InChI=1S/C9H11ClN2O2/c1-2-14-9(13)8-7(10)6-4-3-5-12(6)11-8/h2-5H2,1H3. The van der Waals surface area contributed by atoms with Gasteiger partial charge in [0.15, 0.2) is 5.69 Å². The monoisotopic (exact) mass is 214 g/mol. The van der Waals surface area contributed by atoms with Crippen molar-refractivity contribution in [3.63, 3.8) is 0 Å². The molecule has 76 valence electrons. The van der Waals surface area contributed by atoms with Crippen LogP contribution in [0, 0.1) is 0 Å². The van der Waals surface area contributed by atoms with Crippen molar-refractivity contribution in [3.05, 3.63) is 16.4 Å².